The van der Waals surface area contributed by atoms with Crippen molar-refractivity contribution < 1.29 is 8.42 Å². The Bertz CT molecular complexity index is 346. The summed E-state index contributed by atoms with van der Waals surface area (Å²) in [5.74, 6) is 0.779. The average Bonchev–Trinajstić information content (AvgIpc) is 2.38. The molecule has 0 aromatic rings. The molecule has 1 saturated heterocycles. The number of sulfone groups is 1. The molecule has 86 valence electrons. The Hall–Kier alpha value is -0.250. The normalized spacial score (nSPS) is 29.2. The van der Waals surface area contributed by atoms with Gasteiger partial charge in [0.2, 0.25) is 0 Å². The standard InChI is InChI=1S/C9H16N2O2S2/c1-7(2)3-11-8-4-15(12,13)5-9(8)14-6-10/h7-9,11H,3-5H2,1-2H3/t8-,9-/m1/s1. The molecule has 2 atom stereocenters. The predicted octanol–water partition coefficient (Wildman–Crippen LogP) is 0.612. The minimum atomic E-state index is -2.95. The maximum atomic E-state index is 11.4. The molecule has 1 aliphatic rings. The third kappa shape index (κ3) is 4.01. The summed E-state index contributed by atoms with van der Waals surface area (Å²) in [4.78, 5) is 0. The second-order valence-corrected chi connectivity index (χ2v) is 7.41. The fourth-order valence-electron chi connectivity index (χ4n) is 1.58. The van der Waals surface area contributed by atoms with E-state index in [0.717, 1.165) is 18.3 Å². The molecule has 4 nitrogen and oxygen atoms in total. The Morgan fingerprint density at radius 2 is 2.20 bits per heavy atom. The predicted molar refractivity (Wildman–Crippen MR) is 62.3 cm³/mol. The Morgan fingerprint density at radius 3 is 2.73 bits per heavy atom. The van der Waals surface area contributed by atoms with Crippen molar-refractivity contribution in [3.05, 3.63) is 0 Å². The van der Waals surface area contributed by atoms with Crippen molar-refractivity contribution in [3.63, 3.8) is 0 Å². The zero-order valence-electron chi connectivity index (χ0n) is 8.93. The molecule has 0 aromatic heterocycles. The van der Waals surface area contributed by atoms with Gasteiger partial charge in [-0.05, 0) is 24.2 Å². The first-order valence-electron chi connectivity index (χ1n) is 4.93. The lowest BCUT2D eigenvalue weighted by Crippen LogP contribution is -2.39. The maximum absolute atomic E-state index is 11.4. The monoisotopic (exact) mass is 248 g/mol. The molecule has 15 heavy (non-hydrogen) atoms. The van der Waals surface area contributed by atoms with Gasteiger partial charge >= 0.3 is 0 Å². The number of thiocyanates is 1. The number of nitrogens with zero attached hydrogens (tertiary/aromatic N) is 1. The van der Waals surface area contributed by atoms with E-state index < -0.39 is 9.84 Å². The van der Waals surface area contributed by atoms with E-state index in [4.69, 9.17) is 5.26 Å². The summed E-state index contributed by atoms with van der Waals surface area (Å²) in [6.07, 6.45) is 0. The molecule has 1 heterocycles. The van der Waals surface area contributed by atoms with Gasteiger partial charge in [0.05, 0.1) is 11.5 Å². The van der Waals surface area contributed by atoms with Crippen molar-refractivity contribution in [2.75, 3.05) is 18.1 Å². The van der Waals surface area contributed by atoms with Gasteiger partial charge in [0, 0.05) is 11.3 Å². The smallest absolute Gasteiger partial charge is 0.153 e. The zero-order valence-corrected chi connectivity index (χ0v) is 10.6. The molecule has 0 radical (unpaired) electrons. The van der Waals surface area contributed by atoms with Crippen LogP contribution in [0.15, 0.2) is 0 Å². The quantitative estimate of drug-likeness (QED) is 0.738. The highest BCUT2D eigenvalue weighted by Crippen LogP contribution is 2.24. The van der Waals surface area contributed by atoms with Crippen LogP contribution in [0.2, 0.25) is 0 Å². The van der Waals surface area contributed by atoms with E-state index >= 15 is 0 Å². The van der Waals surface area contributed by atoms with E-state index in [9.17, 15) is 8.42 Å². The summed E-state index contributed by atoms with van der Waals surface area (Å²) >= 11 is 1.06. The van der Waals surface area contributed by atoms with Crippen LogP contribution in [-0.2, 0) is 9.84 Å². The minimum Gasteiger partial charge on any atom is -0.312 e. The van der Waals surface area contributed by atoms with E-state index in [1.54, 1.807) is 0 Å². The summed E-state index contributed by atoms with van der Waals surface area (Å²) < 4.78 is 22.8. The van der Waals surface area contributed by atoms with E-state index in [1.807, 2.05) is 5.40 Å². The number of nitrogens with one attached hydrogen (secondary N) is 1. The topological polar surface area (TPSA) is 70.0 Å². The lowest BCUT2D eigenvalue weighted by Gasteiger charge is -2.17. The van der Waals surface area contributed by atoms with Crippen LogP contribution in [-0.4, -0.2) is 37.8 Å². The molecule has 6 heteroatoms. The summed E-state index contributed by atoms with van der Waals surface area (Å²) in [6.45, 7) is 4.94. The first-order chi connectivity index (χ1) is 6.94. The maximum Gasteiger partial charge on any atom is 0.153 e. The summed E-state index contributed by atoms with van der Waals surface area (Å²) in [6, 6.07) is -0.0675. The lowest BCUT2D eigenvalue weighted by atomic mass is 10.2. The first kappa shape index (κ1) is 12.8. The van der Waals surface area contributed by atoms with Crippen molar-refractivity contribution in [1.29, 1.82) is 5.26 Å². The number of hydrogen-bond acceptors (Lipinski definition) is 5. The minimum absolute atomic E-state index is 0.0675. The highest BCUT2D eigenvalue weighted by molar-refractivity contribution is 8.05. The van der Waals surface area contributed by atoms with Crippen LogP contribution in [0.4, 0.5) is 0 Å². The largest absolute Gasteiger partial charge is 0.312 e. The fourth-order valence-corrected chi connectivity index (χ4v) is 4.85. The third-order valence-electron chi connectivity index (χ3n) is 2.29. The van der Waals surface area contributed by atoms with E-state index in [0.29, 0.717) is 5.92 Å². The van der Waals surface area contributed by atoms with Crippen LogP contribution in [0.3, 0.4) is 0 Å². The van der Waals surface area contributed by atoms with Gasteiger partial charge in [0.1, 0.15) is 5.40 Å². The van der Waals surface area contributed by atoms with Crippen molar-refractivity contribution >= 4 is 21.6 Å². The lowest BCUT2D eigenvalue weighted by molar-refractivity contribution is 0.493. The highest BCUT2D eigenvalue weighted by atomic mass is 32.2. The van der Waals surface area contributed by atoms with Crippen LogP contribution in [0.1, 0.15) is 13.8 Å². The molecule has 0 aromatic carbocycles. The summed E-state index contributed by atoms with van der Waals surface area (Å²) in [5, 5.41) is 13.7. The number of hydrogen-bond donors (Lipinski definition) is 1. The first-order valence-corrected chi connectivity index (χ1v) is 7.63. The van der Waals surface area contributed by atoms with Crippen molar-refractivity contribution in [2.24, 2.45) is 5.92 Å². The van der Waals surface area contributed by atoms with Gasteiger partial charge in [-0.2, -0.15) is 5.26 Å². The van der Waals surface area contributed by atoms with Crippen LogP contribution in [0.25, 0.3) is 0 Å². The van der Waals surface area contributed by atoms with Crippen molar-refractivity contribution in [3.8, 4) is 5.40 Å². The molecule has 0 aliphatic carbocycles. The Labute approximate surface area is 95.3 Å². The van der Waals surface area contributed by atoms with E-state index in [2.05, 4.69) is 19.2 Å². The molecule has 1 N–H and O–H groups in total. The number of rotatable bonds is 4. The van der Waals surface area contributed by atoms with Gasteiger partial charge in [-0.3, -0.25) is 0 Å². The molecular formula is C9H16N2O2S2. The second kappa shape index (κ2) is 5.19. The summed E-state index contributed by atoms with van der Waals surface area (Å²) in [7, 11) is -2.95. The van der Waals surface area contributed by atoms with Crippen molar-refractivity contribution in [2.45, 2.75) is 25.1 Å². The molecule has 1 aliphatic heterocycles. The van der Waals surface area contributed by atoms with Gasteiger partial charge < -0.3 is 5.32 Å². The second-order valence-electron chi connectivity index (χ2n) is 4.23. The van der Waals surface area contributed by atoms with Crippen LogP contribution < -0.4 is 5.32 Å². The number of thioether (sulfide) groups is 1. The van der Waals surface area contributed by atoms with Gasteiger partial charge in [0.15, 0.2) is 9.84 Å². The highest BCUT2D eigenvalue weighted by Gasteiger charge is 2.37. The van der Waals surface area contributed by atoms with Crippen LogP contribution in [0.5, 0.6) is 0 Å². The fraction of sp³-hybridized carbons (Fsp3) is 0.889. The molecule has 1 fully saturated rings. The number of nitriles is 1. The Morgan fingerprint density at radius 1 is 1.53 bits per heavy atom. The summed E-state index contributed by atoms with van der Waals surface area (Å²) in [5.41, 5.74) is 0. The van der Waals surface area contributed by atoms with E-state index in [-0.39, 0.29) is 22.8 Å². The SMILES string of the molecule is CC(C)CN[C@@H]1CS(=O)(=O)C[C@H]1SC#N. The molecule has 1 rings (SSSR count). The molecule has 0 spiro atoms. The van der Waals surface area contributed by atoms with Crippen molar-refractivity contribution in [1.82, 2.24) is 5.32 Å². The van der Waals surface area contributed by atoms with Gasteiger partial charge in [-0.15, -0.1) is 0 Å². The van der Waals surface area contributed by atoms with Gasteiger partial charge in [-0.1, -0.05) is 13.8 Å². The molecular weight excluding hydrogens is 232 g/mol. The van der Waals surface area contributed by atoms with Gasteiger partial charge in [0.25, 0.3) is 0 Å². The third-order valence-corrected chi connectivity index (χ3v) is 5.14. The van der Waals surface area contributed by atoms with E-state index in [1.165, 1.54) is 0 Å². The zero-order chi connectivity index (χ0) is 11.5. The van der Waals surface area contributed by atoms with Crippen LogP contribution in [0, 0.1) is 16.6 Å². The molecule has 0 unspecified atom stereocenters. The molecule has 0 amide bonds. The Balaban J connectivity index is 2.58. The molecule has 0 saturated carbocycles. The van der Waals surface area contributed by atoms with Crippen LogP contribution >= 0.6 is 11.8 Å². The average molecular weight is 248 g/mol. The Kier molecular flexibility index (Phi) is 4.44. The molecule has 0 bridgehead atoms. The van der Waals surface area contributed by atoms with Gasteiger partial charge in [-0.25, -0.2) is 8.42 Å².